The van der Waals surface area contributed by atoms with Gasteiger partial charge < -0.3 is 15.8 Å². The van der Waals surface area contributed by atoms with Gasteiger partial charge in [-0.25, -0.2) is 0 Å². The highest BCUT2D eigenvalue weighted by atomic mass is 16.5. The van der Waals surface area contributed by atoms with Crippen molar-refractivity contribution in [3.05, 3.63) is 35.4 Å². The van der Waals surface area contributed by atoms with E-state index < -0.39 is 12.1 Å². The van der Waals surface area contributed by atoms with E-state index in [4.69, 9.17) is 10.5 Å². The monoisotopic (exact) mass is 334 g/mol. The third-order valence-corrected chi connectivity index (χ3v) is 4.03. The number of carbonyl (C=O) groups excluding carboxylic acids is 2. The molecule has 3 N–H and O–H groups in total. The number of ether oxygens (including phenoxy) is 1. The highest BCUT2D eigenvalue weighted by Gasteiger charge is 2.22. The lowest BCUT2D eigenvalue weighted by molar-refractivity contribution is -0.141. The molecule has 2 atom stereocenters. The molecule has 1 aromatic rings. The van der Waals surface area contributed by atoms with Gasteiger partial charge in [0.05, 0.1) is 25.6 Å². The van der Waals surface area contributed by atoms with Crippen molar-refractivity contribution in [2.75, 3.05) is 7.11 Å². The number of hydrogen-bond donors (Lipinski definition) is 2. The Morgan fingerprint density at radius 2 is 1.79 bits per heavy atom. The third kappa shape index (κ3) is 5.96. The van der Waals surface area contributed by atoms with Crippen LogP contribution in [0.4, 0.5) is 0 Å². The van der Waals surface area contributed by atoms with Crippen LogP contribution in [0.5, 0.6) is 0 Å². The first-order valence-electron chi connectivity index (χ1n) is 8.42. The van der Waals surface area contributed by atoms with Crippen LogP contribution in [0.25, 0.3) is 0 Å². The van der Waals surface area contributed by atoms with Gasteiger partial charge in [0.1, 0.15) is 0 Å². The summed E-state index contributed by atoms with van der Waals surface area (Å²) in [6.45, 7) is 8.39. The Kier molecular flexibility index (Phi) is 7.42. The predicted molar refractivity (Wildman–Crippen MR) is 95.5 cm³/mol. The molecule has 0 saturated heterocycles. The van der Waals surface area contributed by atoms with Gasteiger partial charge in [-0.2, -0.15) is 0 Å². The molecule has 24 heavy (non-hydrogen) atoms. The fourth-order valence-corrected chi connectivity index (χ4v) is 2.44. The van der Waals surface area contributed by atoms with E-state index in [1.165, 1.54) is 12.7 Å². The molecule has 0 fully saturated rings. The molecule has 0 aliphatic rings. The van der Waals surface area contributed by atoms with Crippen molar-refractivity contribution in [1.29, 1.82) is 0 Å². The van der Waals surface area contributed by atoms with E-state index in [-0.39, 0.29) is 23.7 Å². The summed E-state index contributed by atoms with van der Waals surface area (Å²) < 4.78 is 4.75. The normalized spacial score (nSPS) is 13.9. The molecule has 0 aliphatic carbocycles. The Bertz CT molecular complexity index is 547. The number of rotatable bonds is 7. The fourth-order valence-electron chi connectivity index (χ4n) is 2.44. The number of hydrogen-bond acceptors (Lipinski definition) is 4. The van der Waals surface area contributed by atoms with Gasteiger partial charge in [0.25, 0.3) is 0 Å². The number of nitrogens with one attached hydrogen (secondary N) is 1. The number of amides is 1. The molecule has 0 heterocycles. The topological polar surface area (TPSA) is 81.4 Å². The van der Waals surface area contributed by atoms with Crippen LogP contribution >= 0.6 is 0 Å². The van der Waals surface area contributed by atoms with Gasteiger partial charge in [-0.05, 0) is 23.0 Å². The molecular weight excluding hydrogens is 304 g/mol. The van der Waals surface area contributed by atoms with Crippen molar-refractivity contribution in [2.45, 2.75) is 64.5 Å². The summed E-state index contributed by atoms with van der Waals surface area (Å²) in [5, 5.41) is 2.88. The standard InChI is InChI=1S/C19H30N2O3/c1-6-7-15(20)18(23)21-16(12-17(22)24-5)13-8-10-14(11-9-13)19(2,3)4/h8-11,15-16H,6-7,12,20H2,1-5H3,(H,21,23). The third-order valence-electron chi connectivity index (χ3n) is 4.03. The van der Waals surface area contributed by atoms with Gasteiger partial charge in [0.2, 0.25) is 5.91 Å². The molecule has 5 heteroatoms. The lowest BCUT2D eigenvalue weighted by atomic mass is 9.86. The second-order valence-corrected chi connectivity index (χ2v) is 7.11. The molecule has 0 radical (unpaired) electrons. The highest BCUT2D eigenvalue weighted by molar-refractivity contribution is 5.82. The van der Waals surface area contributed by atoms with Gasteiger partial charge in [-0.1, -0.05) is 58.4 Å². The van der Waals surface area contributed by atoms with Gasteiger partial charge in [-0.15, -0.1) is 0 Å². The van der Waals surface area contributed by atoms with Crippen LogP contribution in [0.3, 0.4) is 0 Å². The predicted octanol–water partition coefficient (Wildman–Crippen LogP) is 2.83. The maximum atomic E-state index is 12.2. The molecule has 1 rings (SSSR count). The average Bonchev–Trinajstić information content (AvgIpc) is 2.53. The zero-order chi connectivity index (χ0) is 18.3. The van der Waals surface area contributed by atoms with E-state index in [1.54, 1.807) is 0 Å². The smallest absolute Gasteiger partial charge is 0.307 e. The maximum Gasteiger partial charge on any atom is 0.307 e. The number of esters is 1. The van der Waals surface area contributed by atoms with E-state index >= 15 is 0 Å². The van der Waals surface area contributed by atoms with Crippen LogP contribution in [0, 0.1) is 0 Å². The lowest BCUT2D eigenvalue weighted by Gasteiger charge is -2.23. The minimum absolute atomic E-state index is 0.0447. The quantitative estimate of drug-likeness (QED) is 0.751. The van der Waals surface area contributed by atoms with Crippen molar-refractivity contribution >= 4 is 11.9 Å². The molecule has 1 amide bonds. The first-order valence-corrected chi connectivity index (χ1v) is 8.42. The molecule has 0 saturated carbocycles. The van der Waals surface area contributed by atoms with Gasteiger partial charge in [-0.3, -0.25) is 9.59 Å². The first kappa shape index (κ1) is 20.2. The zero-order valence-electron chi connectivity index (χ0n) is 15.4. The number of carbonyl (C=O) groups is 2. The summed E-state index contributed by atoms with van der Waals surface area (Å²) in [5.74, 6) is -0.616. The van der Waals surface area contributed by atoms with E-state index in [9.17, 15) is 9.59 Å². The number of nitrogens with two attached hydrogens (primary N) is 1. The van der Waals surface area contributed by atoms with Crippen LogP contribution in [-0.4, -0.2) is 25.0 Å². The SMILES string of the molecule is CCCC(N)C(=O)NC(CC(=O)OC)c1ccc(C(C)(C)C)cc1. The average molecular weight is 334 g/mol. The van der Waals surface area contributed by atoms with Gasteiger partial charge >= 0.3 is 5.97 Å². The van der Waals surface area contributed by atoms with E-state index in [2.05, 4.69) is 26.1 Å². The summed E-state index contributed by atoms with van der Waals surface area (Å²) in [4.78, 5) is 23.9. The van der Waals surface area contributed by atoms with Gasteiger partial charge in [0, 0.05) is 0 Å². The van der Waals surface area contributed by atoms with Crippen LogP contribution in [-0.2, 0) is 19.7 Å². The number of methoxy groups -OCH3 is 1. The number of benzene rings is 1. The zero-order valence-corrected chi connectivity index (χ0v) is 15.4. The lowest BCUT2D eigenvalue weighted by Crippen LogP contribution is -2.42. The molecule has 1 aromatic carbocycles. The van der Waals surface area contributed by atoms with Crippen molar-refractivity contribution in [3.63, 3.8) is 0 Å². The maximum absolute atomic E-state index is 12.2. The molecule has 0 aliphatic heterocycles. The molecule has 134 valence electrons. The van der Waals surface area contributed by atoms with Crippen LogP contribution in [0.2, 0.25) is 0 Å². The first-order chi connectivity index (χ1) is 11.2. The second-order valence-electron chi connectivity index (χ2n) is 7.11. The largest absolute Gasteiger partial charge is 0.469 e. The van der Waals surface area contributed by atoms with E-state index in [1.807, 2.05) is 31.2 Å². The summed E-state index contributed by atoms with van der Waals surface area (Å²) in [5.41, 5.74) is 7.97. The van der Waals surface area contributed by atoms with Crippen molar-refractivity contribution in [3.8, 4) is 0 Å². The summed E-state index contributed by atoms with van der Waals surface area (Å²) in [7, 11) is 1.34. The molecule has 5 nitrogen and oxygen atoms in total. The fraction of sp³-hybridized carbons (Fsp3) is 0.579. The molecule has 0 spiro atoms. The van der Waals surface area contributed by atoms with E-state index in [0.717, 1.165) is 12.0 Å². The van der Waals surface area contributed by atoms with E-state index in [0.29, 0.717) is 6.42 Å². The Morgan fingerprint density at radius 1 is 1.21 bits per heavy atom. The summed E-state index contributed by atoms with van der Waals surface area (Å²) >= 11 is 0. The molecule has 0 aromatic heterocycles. The minimum atomic E-state index is -0.566. The van der Waals surface area contributed by atoms with Crippen molar-refractivity contribution in [2.24, 2.45) is 5.73 Å². The van der Waals surface area contributed by atoms with Crippen molar-refractivity contribution in [1.82, 2.24) is 5.32 Å². The van der Waals surface area contributed by atoms with Crippen molar-refractivity contribution < 1.29 is 14.3 Å². The molecular formula is C19H30N2O3. The highest BCUT2D eigenvalue weighted by Crippen LogP contribution is 2.25. The Morgan fingerprint density at radius 3 is 2.25 bits per heavy atom. The Balaban J connectivity index is 2.97. The Hall–Kier alpha value is -1.88. The molecule has 2 unspecified atom stereocenters. The van der Waals surface area contributed by atoms with Gasteiger partial charge in [0.15, 0.2) is 0 Å². The summed E-state index contributed by atoms with van der Waals surface area (Å²) in [6, 6.07) is 6.93. The second kappa shape index (κ2) is 8.83. The Labute approximate surface area is 145 Å². The van der Waals surface area contributed by atoms with Crippen LogP contribution < -0.4 is 11.1 Å². The van der Waals surface area contributed by atoms with Crippen LogP contribution in [0.1, 0.15) is 64.1 Å². The summed E-state index contributed by atoms with van der Waals surface area (Å²) in [6.07, 6.45) is 1.52. The van der Waals surface area contributed by atoms with Crippen LogP contribution in [0.15, 0.2) is 24.3 Å². The minimum Gasteiger partial charge on any atom is -0.469 e. The molecule has 0 bridgehead atoms.